The Kier molecular flexibility index (Phi) is 4.72. The van der Waals surface area contributed by atoms with E-state index in [2.05, 4.69) is 45.7 Å². The number of carbonyl (C=O) groups excluding carboxylic acids is 1. The molecule has 4 heteroatoms. The highest BCUT2D eigenvalue weighted by atomic mass is 79.9. The van der Waals surface area contributed by atoms with Crippen LogP contribution in [0, 0.1) is 5.41 Å². The van der Waals surface area contributed by atoms with Crippen LogP contribution in [-0.2, 0) is 0 Å². The first-order chi connectivity index (χ1) is 8.99. The van der Waals surface area contributed by atoms with Crippen LogP contribution in [0.15, 0.2) is 27.1 Å². The Labute approximate surface area is 131 Å². The van der Waals surface area contributed by atoms with E-state index in [9.17, 15) is 4.79 Å². The summed E-state index contributed by atoms with van der Waals surface area (Å²) >= 11 is 6.88. The second kappa shape index (κ2) is 5.96. The molecule has 0 aliphatic carbocycles. The average Bonchev–Trinajstić information content (AvgIpc) is 2.82. The van der Waals surface area contributed by atoms with Crippen LogP contribution in [0.3, 0.4) is 0 Å². The fraction of sp³-hybridized carbons (Fsp3) is 0.533. The maximum atomic E-state index is 12.6. The molecule has 0 unspecified atom stereocenters. The summed E-state index contributed by atoms with van der Waals surface area (Å²) < 4.78 is 1.86. The van der Waals surface area contributed by atoms with Crippen LogP contribution >= 0.6 is 31.9 Å². The molecule has 0 radical (unpaired) electrons. The predicted octanol–water partition coefficient (Wildman–Crippen LogP) is 4.86. The van der Waals surface area contributed by atoms with Gasteiger partial charge < -0.3 is 4.90 Å². The first-order valence-corrected chi connectivity index (χ1v) is 8.33. The zero-order valence-electron chi connectivity index (χ0n) is 11.4. The van der Waals surface area contributed by atoms with E-state index in [4.69, 9.17) is 0 Å². The lowest BCUT2D eigenvalue weighted by Crippen LogP contribution is -2.31. The van der Waals surface area contributed by atoms with Gasteiger partial charge in [0.15, 0.2) is 0 Å². The molecule has 1 saturated heterocycles. The monoisotopic (exact) mass is 387 g/mol. The Morgan fingerprint density at radius 3 is 2.26 bits per heavy atom. The minimum absolute atomic E-state index is 0.144. The van der Waals surface area contributed by atoms with Gasteiger partial charge in [0, 0.05) is 27.6 Å². The van der Waals surface area contributed by atoms with Gasteiger partial charge in [0.2, 0.25) is 0 Å². The summed E-state index contributed by atoms with van der Waals surface area (Å²) in [6.07, 6.45) is 3.42. The van der Waals surface area contributed by atoms with Gasteiger partial charge in [-0.05, 0) is 42.9 Å². The summed E-state index contributed by atoms with van der Waals surface area (Å²) in [5.41, 5.74) is 1.09. The van der Waals surface area contributed by atoms with Gasteiger partial charge in [-0.3, -0.25) is 4.79 Å². The van der Waals surface area contributed by atoms with E-state index in [0.717, 1.165) is 46.9 Å². The van der Waals surface area contributed by atoms with Crippen LogP contribution < -0.4 is 0 Å². The van der Waals surface area contributed by atoms with E-state index < -0.39 is 0 Å². The predicted molar refractivity (Wildman–Crippen MR) is 85.4 cm³/mol. The lowest BCUT2D eigenvalue weighted by molar-refractivity contribution is 0.0769. The third-order valence-electron chi connectivity index (χ3n) is 4.34. The molecule has 1 aromatic rings. The number of likely N-dealkylation sites (tertiary alicyclic amines) is 1. The van der Waals surface area contributed by atoms with Gasteiger partial charge in [0.25, 0.3) is 5.91 Å². The number of halogens is 2. The minimum atomic E-state index is 0.144. The van der Waals surface area contributed by atoms with Crippen LogP contribution in [0.2, 0.25) is 0 Å². The Morgan fingerprint density at radius 1 is 1.21 bits per heavy atom. The molecule has 1 aliphatic rings. The highest BCUT2D eigenvalue weighted by Crippen LogP contribution is 2.37. The van der Waals surface area contributed by atoms with E-state index >= 15 is 0 Å². The summed E-state index contributed by atoms with van der Waals surface area (Å²) in [6.45, 7) is 6.23. The van der Waals surface area contributed by atoms with Crippen molar-refractivity contribution in [3.8, 4) is 0 Å². The van der Waals surface area contributed by atoms with Gasteiger partial charge in [-0.2, -0.15) is 0 Å². The highest BCUT2D eigenvalue weighted by Gasteiger charge is 2.37. The van der Waals surface area contributed by atoms with E-state index in [1.165, 1.54) is 0 Å². The van der Waals surface area contributed by atoms with E-state index in [0.29, 0.717) is 5.41 Å². The molecule has 0 atom stereocenters. The van der Waals surface area contributed by atoms with Crippen molar-refractivity contribution in [3.05, 3.63) is 32.7 Å². The molecule has 2 rings (SSSR count). The molecule has 0 N–H and O–H groups in total. The van der Waals surface area contributed by atoms with Crippen LogP contribution in [0.5, 0.6) is 0 Å². The largest absolute Gasteiger partial charge is 0.338 e. The number of rotatable bonds is 3. The van der Waals surface area contributed by atoms with E-state index in [-0.39, 0.29) is 5.91 Å². The van der Waals surface area contributed by atoms with E-state index in [1.807, 2.05) is 23.1 Å². The summed E-state index contributed by atoms with van der Waals surface area (Å²) in [5.74, 6) is 0.144. The zero-order chi connectivity index (χ0) is 14.0. The molecule has 1 amide bonds. The average molecular weight is 389 g/mol. The maximum absolute atomic E-state index is 12.6. The van der Waals surface area contributed by atoms with E-state index in [1.54, 1.807) is 0 Å². The Balaban J connectivity index is 2.17. The molecule has 1 aliphatic heterocycles. The third kappa shape index (κ3) is 3.22. The molecule has 2 nitrogen and oxygen atoms in total. The van der Waals surface area contributed by atoms with Gasteiger partial charge in [0.1, 0.15) is 0 Å². The van der Waals surface area contributed by atoms with Gasteiger partial charge in [-0.25, -0.2) is 0 Å². The topological polar surface area (TPSA) is 20.3 Å². The number of nitrogens with zero attached hydrogens (tertiary/aromatic N) is 1. The second-order valence-electron chi connectivity index (χ2n) is 5.34. The number of benzene rings is 1. The fourth-order valence-electron chi connectivity index (χ4n) is 2.80. The molecule has 1 aromatic carbocycles. The molecular weight excluding hydrogens is 370 g/mol. The molecular formula is C15H19Br2NO. The standard InChI is InChI=1S/C15H19Br2NO/c1-3-15(4-2)5-6-18(10-15)14(19)11-7-12(16)9-13(17)8-11/h7-9H,3-6,10H2,1-2H3. The van der Waals surface area contributed by atoms with Crippen LogP contribution in [0.1, 0.15) is 43.5 Å². The summed E-state index contributed by atoms with van der Waals surface area (Å²) in [6, 6.07) is 5.74. The van der Waals surface area contributed by atoms with Crippen molar-refractivity contribution in [2.45, 2.75) is 33.1 Å². The third-order valence-corrected chi connectivity index (χ3v) is 5.25. The Hall–Kier alpha value is -0.350. The summed E-state index contributed by atoms with van der Waals surface area (Å²) in [7, 11) is 0. The number of hydrogen-bond donors (Lipinski definition) is 0. The Morgan fingerprint density at radius 2 is 1.79 bits per heavy atom. The molecule has 1 heterocycles. The molecule has 0 saturated carbocycles. The maximum Gasteiger partial charge on any atom is 0.253 e. The molecule has 0 spiro atoms. The number of carbonyl (C=O) groups is 1. The highest BCUT2D eigenvalue weighted by molar-refractivity contribution is 9.11. The van der Waals surface area contributed by atoms with Crippen LogP contribution in [0.25, 0.3) is 0 Å². The van der Waals surface area contributed by atoms with Crippen LogP contribution in [0.4, 0.5) is 0 Å². The van der Waals surface area contributed by atoms with Crippen molar-refractivity contribution in [2.75, 3.05) is 13.1 Å². The lowest BCUT2D eigenvalue weighted by Gasteiger charge is -2.26. The van der Waals surface area contributed by atoms with Crippen molar-refractivity contribution in [1.82, 2.24) is 4.90 Å². The number of hydrogen-bond acceptors (Lipinski definition) is 1. The van der Waals surface area contributed by atoms with Crippen LogP contribution in [-0.4, -0.2) is 23.9 Å². The fourth-order valence-corrected chi connectivity index (χ4v) is 4.09. The zero-order valence-corrected chi connectivity index (χ0v) is 14.6. The lowest BCUT2D eigenvalue weighted by atomic mass is 9.82. The van der Waals surface area contributed by atoms with Gasteiger partial charge in [-0.1, -0.05) is 45.7 Å². The van der Waals surface area contributed by atoms with Crippen molar-refractivity contribution < 1.29 is 4.79 Å². The smallest absolute Gasteiger partial charge is 0.253 e. The minimum Gasteiger partial charge on any atom is -0.338 e. The van der Waals surface area contributed by atoms with Crippen molar-refractivity contribution in [3.63, 3.8) is 0 Å². The molecule has 0 bridgehead atoms. The molecule has 19 heavy (non-hydrogen) atoms. The molecule has 104 valence electrons. The summed E-state index contributed by atoms with van der Waals surface area (Å²) in [4.78, 5) is 14.6. The van der Waals surface area contributed by atoms with Gasteiger partial charge in [-0.15, -0.1) is 0 Å². The number of amides is 1. The van der Waals surface area contributed by atoms with Gasteiger partial charge in [0.05, 0.1) is 0 Å². The molecule has 0 aromatic heterocycles. The quantitative estimate of drug-likeness (QED) is 0.723. The first-order valence-electron chi connectivity index (χ1n) is 6.75. The first kappa shape index (κ1) is 15.0. The Bertz CT molecular complexity index is 463. The van der Waals surface area contributed by atoms with Crippen molar-refractivity contribution in [2.24, 2.45) is 5.41 Å². The normalized spacial score (nSPS) is 17.8. The summed E-state index contributed by atoms with van der Waals surface area (Å²) in [5, 5.41) is 0. The van der Waals surface area contributed by atoms with Gasteiger partial charge >= 0.3 is 0 Å². The van der Waals surface area contributed by atoms with Crippen molar-refractivity contribution >= 4 is 37.8 Å². The van der Waals surface area contributed by atoms with Crippen molar-refractivity contribution in [1.29, 1.82) is 0 Å². The second-order valence-corrected chi connectivity index (χ2v) is 7.17. The molecule has 1 fully saturated rings. The SMILES string of the molecule is CCC1(CC)CCN(C(=O)c2cc(Br)cc(Br)c2)C1.